The molecule has 142 valence electrons. The molecule has 0 spiro atoms. The van der Waals surface area contributed by atoms with Crippen LogP contribution >= 0.6 is 0 Å². The number of methoxy groups -OCH3 is 3. The van der Waals surface area contributed by atoms with Crippen molar-refractivity contribution in [3.63, 3.8) is 0 Å². The van der Waals surface area contributed by atoms with Gasteiger partial charge in [-0.05, 0) is 12.1 Å². The topological polar surface area (TPSA) is 80.6 Å². The number of hydrazone groups is 1. The van der Waals surface area contributed by atoms with Crippen LogP contribution in [0.1, 0.15) is 30.5 Å². The Kier molecular flexibility index (Phi) is 5.21. The van der Waals surface area contributed by atoms with Gasteiger partial charge in [-0.1, -0.05) is 18.2 Å². The second-order valence-corrected chi connectivity index (χ2v) is 6.10. The van der Waals surface area contributed by atoms with Crippen LogP contribution in [-0.4, -0.2) is 43.1 Å². The molecule has 1 N–H and O–H groups in total. The summed E-state index contributed by atoms with van der Waals surface area (Å²) in [5.74, 6) is 1.52. The summed E-state index contributed by atoms with van der Waals surface area (Å²) in [5, 5.41) is 16.1. The molecule has 0 fully saturated rings. The molecule has 1 heterocycles. The summed E-state index contributed by atoms with van der Waals surface area (Å²) in [7, 11) is 4.66. The number of hydrogen-bond donors (Lipinski definition) is 1. The van der Waals surface area contributed by atoms with Crippen LogP contribution in [0.2, 0.25) is 0 Å². The number of benzene rings is 2. The lowest BCUT2D eigenvalue weighted by atomic mass is 9.97. The van der Waals surface area contributed by atoms with Crippen molar-refractivity contribution in [3.8, 4) is 23.0 Å². The van der Waals surface area contributed by atoms with E-state index >= 15 is 0 Å². The minimum absolute atomic E-state index is 0.125. The second-order valence-electron chi connectivity index (χ2n) is 6.10. The molecule has 0 unspecified atom stereocenters. The van der Waals surface area contributed by atoms with Crippen molar-refractivity contribution in [1.82, 2.24) is 5.01 Å². The van der Waals surface area contributed by atoms with E-state index in [2.05, 4.69) is 5.10 Å². The minimum Gasteiger partial charge on any atom is -0.508 e. The highest BCUT2D eigenvalue weighted by molar-refractivity contribution is 6.06. The van der Waals surface area contributed by atoms with Gasteiger partial charge < -0.3 is 19.3 Å². The van der Waals surface area contributed by atoms with Gasteiger partial charge in [-0.3, -0.25) is 4.79 Å². The van der Waals surface area contributed by atoms with Crippen LogP contribution in [-0.2, 0) is 4.79 Å². The van der Waals surface area contributed by atoms with Crippen molar-refractivity contribution in [1.29, 1.82) is 0 Å². The van der Waals surface area contributed by atoms with Crippen LogP contribution in [0.15, 0.2) is 41.5 Å². The molecule has 1 aliphatic heterocycles. The molecule has 2 aromatic rings. The van der Waals surface area contributed by atoms with Gasteiger partial charge >= 0.3 is 0 Å². The molecule has 0 aliphatic carbocycles. The van der Waals surface area contributed by atoms with E-state index in [-0.39, 0.29) is 11.7 Å². The van der Waals surface area contributed by atoms with Gasteiger partial charge in [0.05, 0.1) is 33.1 Å². The van der Waals surface area contributed by atoms with Crippen LogP contribution in [0.5, 0.6) is 23.0 Å². The molecule has 1 amide bonds. The van der Waals surface area contributed by atoms with Crippen molar-refractivity contribution < 1.29 is 24.1 Å². The monoisotopic (exact) mass is 370 g/mol. The van der Waals surface area contributed by atoms with E-state index in [1.165, 1.54) is 11.9 Å². The molecule has 7 nitrogen and oxygen atoms in total. The fourth-order valence-electron chi connectivity index (χ4n) is 3.25. The lowest BCUT2D eigenvalue weighted by Crippen LogP contribution is -2.24. The van der Waals surface area contributed by atoms with E-state index in [1.54, 1.807) is 51.7 Å². The second kappa shape index (κ2) is 7.57. The average molecular weight is 370 g/mol. The molecule has 0 saturated carbocycles. The number of carbonyl (C=O) groups is 1. The van der Waals surface area contributed by atoms with Gasteiger partial charge in [0, 0.05) is 30.5 Å². The van der Waals surface area contributed by atoms with Crippen molar-refractivity contribution in [2.75, 3.05) is 21.3 Å². The lowest BCUT2D eigenvalue weighted by molar-refractivity contribution is -0.130. The summed E-state index contributed by atoms with van der Waals surface area (Å²) < 4.78 is 16.3. The highest BCUT2D eigenvalue weighted by Crippen LogP contribution is 2.42. The van der Waals surface area contributed by atoms with Gasteiger partial charge in [0.1, 0.15) is 11.5 Å². The van der Waals surface area contributed by atoms with E-state index in [0.29, 0.717) is 40.5 Å². The summed E-state index contributed by atoms with van der Waals surface area (Å²) in [5.41, 5.74) is 1.96. The van der Waals surface area contributed by atoms with Crippen molar-refractivity contribution in [2.24, 2.45) is 5.10 Å². The van der Waals surface area contributed by atoms with Crippen molar-refractivity contribution in [2.45, 2.75) is 19.4 Å². The number of phenols is 1. The average Bonchev–Trinajstić information content (AvgIpc) is 3.12. The molecule has 27 heavy (non-hydrogen) atoms. The molecule has 0 radical (unpaired) electrons. The largest absolute Gasteiger partial charge is 0.508 e. The quantitative estimate of drug-likeness (QED) is 0.875. The van der Waals surface area contributed by atoms with Crippen molar-refractivity contribution in [3.05, 3.63) is 47.5 Å². The third kappa shape index (κ3) is 3.40. The SMILES string of the molecule is COc1cc(OC)c(OC)c(C2=NN(C(C)=O)[C@@H](c3ccccc3O)C2)c1. The maximum atomic E-state index is 12.2. The molecular formula is C20H22N2O5. The molecule has 2 aromatic carbocycles. The maximum absolute atomic E-state index is 12.2. The van der Waals surface area contributed by atoms with Gasteiger partial charge in [-0.25, -0.2) is 5.01 Å². The summed E-state index contributed by atoms with van der Waals surface area (Å²) >= 11 is 0. The molecule has 0 saturated heterocycles. The van der Waals surface area contributed by atoms with E-state index in [1.807, 2.05) is 6.07 Å². The number of rotatable bonds is 5. The van der Waals surface area contributed by atoms with E-state index in [9.17, 15) is 9.90 Å². The van der Waals surface area contributed by atoms with Crippen LogP contribution in [0, 0.1) is 0 Å². The van der Waals surface area contributed by atoms with Crippen LogP contribution in [0.4, 0.5) is 0 Å². The van der Waals surface area contributed by atoms with E-state index in [0.717, 1.165) is 0 Å². The summed E-state index contributed by atoms with van der Waals surface area (Å²) in [6.45, 7) is 1.45. The summed E-state index contributed by atoms with van der Waals surface area (Å²) in [4.78, 5) is 12.2. The predicted octanol–water partition coefficient (Wildman–Crippen LogP) is 3.12. The smallest absolute Gasteiger partial charge is 0.240 e. The van der Waals surface area contributed by atoms with E-state index < -0.39 is 6.04 Å². The Labute approximate surface area is 157 Å². The highest BCUT2D eigenvalue weighted by atomic mass is 16.5. The standard InChI is InChI=1S/C20H22N2O5/c1-12(23)22-17(14-7-5-6-8-18(14)24)11-16(21-22)15-9-13(25-2)10-19(26-3)20(15)27-4/h5-10,17,24H,11H2,1-4H3/t17-/m1/s1. The van der Waals surface area contributed by atoms with E-state index in [4.69, 9.17) is 14.2 Å². The zero-order valence-corrected chi connectivity index (χ0v) is 15.7. The van der Waals surface area contributed by atoms with Gasteiger partial charge in [0.2, 0.25) is 5.91 Å². The molecular weight excluding hydrogens is 348 g/mol. The number of hydrogen-bond acceptors (Lipinski definition) is 6. The third-order valence-corrected chi connectivity index (χ3v) is 4.53. The summed E-state index contributed by atoms with van der Waals surface area (Å²) in [6.07, 6.45) is 0.420. The Morgan fingerprint density at radius 3 is 2.48 bits per heavy atom. The van der Waals surface area contributed by atoms with Crippen LogP contribution < -0.4 is 14.2 Å². The number of amides is 1. The third-order valence-electron chi connectivity index (χ3n) is 4.53. The van der Waals surface area contributed by atoms with Crippen LogP contribution in [0.25, 0.3) is 0 Å². The molecule has 0 bridgehead atoms. The Morgan fingerprint density at radius 2 is 1.89 bits per heavy atom. The minimum atomic E-state index is -0.402. The number of nitrogens with zero attached hydrogens (tertiary/aromatic N) is 2. The molecule has 1 aliphatic rings. The predicted molar refractivity (Wildman–Crippen MR) is 101 cm³/mol. The number of carbonyl (C=O) groups excluding carboxylic acids is 1. The first-order valence-corrected chi connectivity index (χ1v) is 8.45. The fraction of sp³-hybridized carbons (Fsp3) is 0.300. The fourth-order valence-corrected chi connectivity index (χ4v) is 3.25. The number of ether oxygens (including phenoxy) is 3. The number of para-hydroxylation sites is 1. The molecule has 1 atom stereocenters. The first kappa shape index (κ1) is 18.6. The Hall–Kier alpha value is -3.22. The highest BCUT2D eigenvalue weighted by Gasteiger charge is 2.34. The number of phenolic OH excluding ortho intramolecular Hbond substituents is 1. The first-order chi connectivity index (χ1) is 13.0. The van der Waals surface area contributed by atoms with Gasteiger partial charge in [-0.2, -0.15) is 5.10 Å². The molecule has 0 aromatic heterocycles. The van der Waals surface area contributed by atoms with Gasteiger partial charge in [-0.15, -0.1) is 0 Å². The van der Waals surface area contributed by atoms with Crippen LogP contribution in [0.3, 0.4) is 0 Å². The zero-order chi connectivity index (χ0) is 19.6. The molecule has 7 heteroatoms. The Morgan fingerprint density at radius 1 is 1.15 bits per heavy atom. The zero-order valence-electron chi connectivity index (χ0n) is 15.7. The first-order valence-electron chi connectivity index (χ1n) is 8.45. The normalized spacial score (nSPS) is 16.1. The Balaban J connectivity index is 2.09. The molecule has 3 rings (SSSR count). The Bertz CT molecular complexity index is 894. The van der Waals surface area contributed by atoms with Gasteiger partial charge in [0.25, 0.3) is 0 Å². The van der Waals surface area contributed by atoms with Gasteiger partial charge in [0.15, 0.2) is 11.5 Å². The lowest BCUT2D eigenvalue weighted by Gasteiger charge is -2.21. The number of aromatic hydroxyl groups is 1. The summed E-state index contributed by atoms with van der Waals surface area (Å²) in [6, 6.07) is 10.1. The van der Waals surface area contributed by atoms with Crippen molar-refractivity contribution >= 4 is 11.6 Å². The maximum Gasteiger partial charge on any atom is 0.240 e.